The lowest BCUT2D eigenvalue weighted by Crippen LogP contribution is -2.35. The van der Waals surface area contributed by atoms with Crippen molar-refractivity contribution in [2.45, 2.75) is 12.5 Å². The van der Waals surface area contributed by atoms with Crippen LogP contribution in [0.1, 0.15) is 18.0 Å². The summed E-state index contributed by atoms with van der Waals surface area (Å²) in [6.45, 7) is 0. The third-order valence-corrected chi connectivity index (χ3v) is 2.95. The summed E-state index contributed by atoms with van der Waals surface area (Å²) in [4.78, 5) is 27.0. The zero-order chi connectivity index (χ0) is 15.9. The number of aromatic nitrogens is 1. The fourth-order valence-electron chi connectivity index (χ4n) is 2.00. The zero-order valence-electron chi connectivity index (χ0n) is 11.6. The summed E-state index contributed by atoms with van der Waals surface area (Å²) in [5, 5.41) is 5.02. The number of carbonyl (C=O) groups excluding carboxylic acids is 2. The number of hydrogen-bond acceptors (Lipinski definition) is 3. The molecule has 0 unspecified atom stereocenters. The van der Waals surface area contributed by atoms with Crippen molar-refractivity contribution >= 4 is 17.6 Å². The first-order valence-electron chi connectivity index (χ1n) is 6.56. The van der Waals surface area contributed by atoms with E-state index >= 15 is 0 Å². The van der Waals surface area contributed by atoms with E-state index in [9.17, 15) is 14.0 Å². The number of primary amides is 1. The molecule has 3 amide bonds. The lowest BCUT2D eigenvalue weighted by Gasteiger charge is -2.18. The fourth-order valence-corrected chi connectivity index (χ4v) is 2.00. The van der Waals surface area contributed by atoms with Crippen LogP contribution in [0.3, 0.4) is 0 Å². The van der Waals surface area contributed by atoms with Crippen LogP contribution in [-0.4, -0.2) is 16.9 Å². The van der Waals surface area contributed by atoms with Gasteiger partial charge in [-0.2, -0.15) is 0 Å². The third-order valence-electron chi connectivity index (χ3n) is 2.95. The molecule has 0 radical (unpaired) electrons. The molecule has 22 heavy (non-hydrogen) atoms. The van der Waals surface area contributed by atoms with Gasteiger partial charge in [0.25, 0.3) is 0 Å². The maximum atomic E-state index is 13.8. The molecule has 4 N–H and O–H groups in total. The topological polar surface area (TPSA) is 97.1 Å². The minimum atomic E-state index is -0.847. The summed E-state index contributed by atoms with van der Waals surface area (Å²) >= 11 is 0. The average molecular weight is 302 g/mol. The number of nitrogens with two attached hydrogens (primary N) is 1. The normalized spacial score (nSPS) is 11.5. The van der Waals surface area contributed by atoms with Crippen molar-refractivity contribution in [3.05, 3.63) is 60.2 Å². The molecule has 0 saturated carbocycles. The number of anilines is 1. The number of pyridine rings is 1. The smallest absolute Gasteiger partial charge is 0.312 e. The van der Waals surface area contributed by atoms with E-state index in [1.54, 1.807) is 18.2 Å². The van der Waals surface area contributed by atoms with Crippen molar-refractivity contribution in [3.8, 4) is 0 Å². The van der Waals surface area contributed by atoms with Crippen LogP contribution in [0.2, 0.25) is 0 Å². The molecule has 1 aromatic carbocycles. The molecule has 1 heterocycles. The quantitative estimate of drug-likeness (QED) is 0.787. The first-order chi connectivity index (χ1) is 10.6. The SMILES string of the molecule is NC(=O)N[C@H](CC(=O)Nc1ccncc1)c1ccccc1F. The molecule has 0 fully saturated rings. The molecule has 2 aromatic rings. The second-order valence-electron chi connectivity index (χ2n) is 4.57. The minimum Gasteiger partial charge on any atom is -0.352 e. The monoisotopic (exact) mass is 302 g/mol. The van der Waals surface area contributed by atoms with Crippen LogP contribution >= 0.6 is 0 Å². The fraction of sp³-hybridized carbons (Fsp3) is 0.133. The highest BCUT2D eigenvalue weighted by Crippen LogP contribution is 2.20. The van der Waals surface area contributed by atoms with Gasteiger partial charge in [-0.15, -0.1) is 0 Å². The van der Waals surface area contributed by atoms with Gasteiger partial charge in [0, 0.05) is 23.6 Å². The summed E-state index contributed by atoms with van der Waals surface area (Å²) < 4.78 is 13.8. The van der Waals surface area contributed by atoms with Crippen LogP contribution in [0.25, 0.3) is 0 Å². The number of benzene rings is 1. The molecule has 0 aliphatic carbocycles. The summed E-state index contributed by atoms with van der Waals surface area (Å²) in [5.74, 6) is -0.897. The Kier molecular flexibility index (Phi) is 5.02. The lowest BCUT2D eigenvalue weighted by atomic mass is 10.0. The molecule has 0 aliphatic rings. The van der Waals surface area contributed by atoms with Gasteiger partial charge in [-0.25, -0.2) is 9.18 Å². The van der Waals surface area contributed by atoms with Gasteiger partial charge in [-0.05, 0) is 18.2 Å². The Morgan fingerprint density at radius 3 is 2.50 bits per heavy atom. The van der Waals surface area contributed by atoms with E-state index in [0.717, 1.165) is 0 Å². The van der Waals surface area contributed by atoms with Crippen LogP contribution in [0.4, 0.5) is 14.9 Å². The molecular weight excluding hydrogens is 287 g/mol. The number of nitrogens with one attached hydrogen (secondary N) is 2. The van der Waals surface area contributed by atoms with Gasteiger partial charge >= 0.3 is 6.03 Å². The predicted molar refractivity (Wildman–Crippen MR) is 79.3 cm³/mol. The molecule has 7 heteroatoms. The van der Waals surface area contributed by atoms with Crippen LogP contribution in [0.15, 0.2) is 48.8 Å². The van der Waals surface area contributed by atoms with Gasteiger partial charge in [0.15, 0.2) is 0 Å². The molecule has 1 atom stereocenters. The van der Waals surface area contributed by atoms with Gasteiger partial charge in [-0.3, -0.25) is 9.78 Å². The Morgan fingerprint density at radius 1 is 1.18 bits per heavy atom. The molecule has 0 saturated heterocycles. The Morgan fingerprint density at radius 2 is 1.86 bits per heavy atom. The van der Waals surface area contributed by atoms with Crippen LogP contribution in [-0.2, 0) is 4.79 Å². The number of carbonyl (C=O) groups is 2. The number of urea groups is 1. The number of rotatable bonds is 5. The summed E-state index contributed by atoms with van der Waals surface area (Å²) in [7, 11) is 0. The van der Waals surface area contributed by atoms with Crippen molar-refractivity contribution < 1.29 is 14.0 Å². The van der Waals surface area contributed by atoms with Crippen molar-refractivity contribution in [1.29, 1.82) is 0 Å². The minimum absolute atomic E-state index is 0.147. The highest BCUT2D eigenvalue weighted by Gasteiger charge is 2.20. The third kappa shape index (κ3) is 4.27. The van der Waals surface area contributed by atoms with Crippen LogP contribution < -0.4 is 16.4 Å². The van der Waals surface area contributed by atoms with Crippen molar-refractivity contribution in [2.24, 2.45) is 5.73 Å². The van der Waals surface area contributed by atoms with Crippen LogP contribution in [0, 0.1) is 5.82 Å². The van der Waals surface area contributed by atoms with E-state index in [0.29, 0.717) is 5.69 Å². The van der Waals surface area contributed by atoms with Gasteiger partial charge in [0.2, 0.25) is 5.91 Å². The molecule has 0 bridgehead atoms. The molecule has 0 aliphatic heterocycles. The maximum Gasteiger partial charge on any atom is 0.312 e. The van der Waals surface area contributed by atoms with Gasteiger partial charge in [0.1, 0.15) is 5.82 Å². The Labute approximate surface area is 126 Å². The van der Waals surface area contributed by atoms with E-state index in [-0.39, 0.29) is 17.9 Å². The molecule has 114 valence electrons. The van der Waals surface area contributed by atoms with E-state index in [1.165, 1.54) is 30.6 Å². The molecule has 1 aromatic heterocycles. The zero-order valence-corrected chi connectivity index (χ0v) is 11.6. The highest BCUT2D eigenvalue weighted by molar-refractivity contribution is 5.91. The molecule has 0 spiro atoms. The summed E-state index contributed by atoms with van der Waals surface area (Å²) in [6, 6.07) is 7.47. The summed E-state index contributed by atoms with van der Waals surface area (Å²) in [5.41, 5.74) is 5.86. The predicted octanol–water partition coefficient (Wildman–Crippen LogP) is 1.96. The van der Waals surface area contributed by atoms with Gasteiger partial charge < -0.3 is 16.4 Å². The van der Waals surface area contributed by atoms with E-state index in [1.807, 2.05) is 0 Å². The molecule has 6 nitrogen and oxygen atoms in total. The van der Waals surface area contributed by atoms with Crippen LogP contribution in [0.5, 0.6) is 0 Å². The lowest BCUT2D eigenvalue weighted by molar-refractivity contribution is -0.116. The highest BCUT2D eigenvalue weighted by atomic mass is 19.1. The van der Waals surface area contributed by atoms with E-state index in [4.69, 9.17) is 5.73 Å². The number of halogens is 1. The average Bonchev–Trinajstić information content (AvgIpc) is 2.47. The van der Waals surface area contributed by atoms with Crippen molar-refractivity contribution in [2.75, 3.05) is 5.32 Å². The second-order valence-corrected chi connectivity index (χ2v) is 4.57. The largest absolute Gasteiger partial charge is 0.352 e. The second kappa shape index (κ2) is 7.16. The molecule has 2 rings (SSSR count). The standard InChI is InChI=1S/C15H15FN4O2/c16-12-4-2-1-3-11(12)13(20-15(17)22)9-14(21)19-10-5-7-18-8-6-10/h1-8,13H,9H2,(H3,17,20,22)(H,18,19,21)/t13-/m1/s1. The number of amides is 3. The van der Waals surface area contributed by atoms with Crippen molar-refractivity contribution in [1.82, 2.24) is 10.3 Å². The van der Waals surface area contributed by atoms with E-state index in [2.05, 4.69) is 15.6 Å². The number of nitrogens with zero attached hydrogens (tertiary/aromatic N) is 1. The van der Waals surface area contributed by atoms with Gasteiger partial charge in [0.05, 0.1) is 12.5 Å². The first kappa shape index (κ1) is 15.4. The van der Waals surface area contributed by atoms with Crippen molar-refractivity contribution in [3.63, 3.8) is 0 Å². The first-order valence-corrected chi connectivity index (χ1v) is 6.56. The van der Waals surface area contributed by atoms with Gasteiger partial charge in [-0.1, -0.05) is 18.2 Å². The Hall–Kier alpha value is -2.96. The Balaban J connectivity index is 2.11. The molecular formula is C15H15FN4O2. The van der Waals surface area contributed by atoms with E-state index < -0.39 is 17.9 Å². The maximum absolute atomic E-state index is 13.8. The summed E-state index contributed by atoms with van der Waals surface area (Å²) in [6.07, 6.45) is 2.92. The Bertz CT molecular complexity index is 664. The number of hydrogen-bond donors (Lipinski definition) is 3.